The lowest BCUT2D eigenvalue weighted by Crippen LogP contribution is -2.15. The molecule has 0 saturated carbocycles. The van der Waals surface area contributed by atoms with Crippen LogP contribution in [0.5, 0.6) is 5.75 Å². The minimum atomic E-state index is 0.286. The summed E-state index contributed by atoms with van der Waals surface area (Å²) in [6.07, 6.45) is 3.23. The lowest BCUT2D eigenvalue weighted by molar-refractivity contribution is 0.414. The highest BCUT2D eigenvalue weighted by atomic mass is 32.1. The zero-order valence-corrected chi connectivity index (χ0v) is 11.6. The second-order valence-electron chi connectivity index (χ2n) is 3.90. The van der Waals surface area contributed by atoms with Gasteiger partial charge in [-0.2, -0.15) is 0 Å². The first-order valence-corrected chi connectivity index (χ1v) is 6.63. The van der Waals surface area contributed by atoms with Crippen molar-refractivity contribution in [3.8, 4) is 5.75 Å². The van der Waals surface area contributed by atoms with Crippen molar-refractivity contribution in [3.05, 3.63) is 22.9 Å². The van der Waals surface area contributed by atoms with Crippen molar-refractivity contribution in [2.75, 3.05) is 24.4 Å². The highest BCUT2D eigenvalue weighted by molar-refractivity contribution is 7.09. The number of hydrazine groups is 1. The number of thiazole rings is 1. The molecular formula is C11H16N6OS. The number of hydrogen-bond donors (Lipinski definition) is 3. The molecule has 0 aromatic carbocycles. The summed E-state index contributed by atoms with van der Waals surface area (Å²) in [4.78, 5) is 12.4. The van der Waals surface area contributed by atoms with Gasteiger partial charge in [0.2, 0.25) is 5.75 Å². The van der Waals surface area contributed by atoms with Crippen molar-refractivity contribution < 1.29 is 4.74 Å². The van der Waals surface area contributed by atoms with Crippen LogP contribution >= 0.6 is 11.3 Å². The Morgan fingerprint density at radius 2 is 2.16 bits per heavy atom. The van der Waals surface area contributed by atoms with Crippen molar-refractivity contribution in [2.24, 2.45) is 5.84 Å². The van der Waals surface area contributed by atoms with Gasteiger partial charge >= 0.3 is 0 Å². The van der Waals surface area contributed by atoms with Gasteiger partial charge in [-0.25, -0.2) is 20.8 Å². The highest BCUT2D eigenvalue weighted by Gasteiger charge is 2.13. The molecule has 7 nitrogen and oxygen atoms in total. The predicted octanol–water partition coefficient (Wildman–Crippen LogP) is 1.44. The number of nitrogens with two attached hydrogens (primary N) is 1. The topological polar surface area (TPSA) is 98.0 Å². The number of nitrogens with zero attached hydrogens (tertiary/aromatic N) is 3. The lowest BCUT2D eigenvalue weighted by atomic mass is 10.2. The molecule has 0 spiro atoms. The zero-order chi connectivity index (χ0) is 13.7. The molecule has 4 N–H and O–H groups in total. The van der Waals surface area contributed by atoms with Crippen molar-refractivity contribution >= 4 is 23.0 Å². The normalized spacial score (nSPS) is 11.9. The van der Waals surface area contributed by atoms with Gasteiger partial charge in [0.25, 0.3) is 0 Å². The van der Waals surface area contributed by atoms with E-state index in [-0.39, 0.29) is 5.92 Å². The first-order valence-electron chi connectivity index (χ1n) is 5.75. The van der Waals surface area contributed by atoms with Crippen LogP contribution in [0.2, 0.25) is 0 Å². The molecule has 0 bridgehead atoms. The Labute approximate surface area is 115 Å². The van der Waals surface area contributed by atoms with Crippen molar-refractivity contribution in [1.82, 2.24) is 15.0 Å². The second kappa shape index (κ2) is 6.30. The second-order valence-corrected chi connectivity index (χ2v) is 4.83. The van der Waals surface area contributed by atoms with Crippen LogP contribution in [0.1, 0.15) is 17.8 Å². The molecule has 0 aliphatic heterocycles. The third-order valence-electron chi connectivity index (χ3n) is 2.59. The number of nitrogens with one attached hydrogen (secondary N) is 2. The number of anilines is 2. The van der Waals surface area contributed by atoms with Gasteiger partial charge in [0.1, 0.15) is 6.33 Å². The minimum absolute atomic E-state index is 0.286. The van der Waals surface area contributed by atoms with Crippen LogP contribution in [-0.2, 0) is 0 Å². The molecule has 8 heteroatoms. The molecule has 2 aromatic heterocycles. The molecule has 0 amide bonds. The van der Waals surface area contributed by atoms with Crippen molar-refractivity contribution in [3.63, 3.8) is 0 Å². The summed E-state index contributed by atoms with van der Waals surface area (Å²) in [7, 11) is 1.55. The summed E-state index contributed by atoms with van der Waals surface area (Å²) in [5, 5.41) is 6.27. The molecule has 0 fully saturated rings. The average Bonchev–Trinajstić information content (AvgIpc) is 2.98. The maximum Gasteiger partial charge on any atom is 0.205 e. The summed E-state index contributed by atoms with van der Waals surface area (Å²) in [6, 6.07) is 0. The van der Waals surface area contributed by atoms with Crippen LogP contribution < -0.4 is 21.3 Å². The number of ether oxygens (including phenoxy) is 1. The molecule has 102 valence electrons. The van der Waals surface area contributed by atoms with E-state index in [0.717, 1.165) is 5.01 Å². The molecule has 0 aliphatic rings. The maximum atomic E-state index is 5.37. The molecule has 1 unspecified atom stereocenters. The molecule has 0 aliphatic carbocycles. The number of hydrogen-bond acceptors (Lipinski definition) is 8. The predicted molar refractivity (Wildman–Crippen MR) is 75.4 cm³/mol. The van der Waals surface area contributed by atoms with Crippen molar-refractivity contribution in [1.29, 1.82) is 0 Å². The molecule has 2 heterocycles. The van der Waals surface area contributed by atoms with E-state index in [1.165, 1.54) is 6.33 Å². The van der Waals surface area contributed by atoms with Crippen LogP contribution in [0.3, 0.4) is 0 Å². The average molecular weight is 280 g/mol. The van der Waals surface area contributed by atoms with Gasteiger partial charge in [-0.1, -0.05) is 6.92 Å². The van der Waals surface area contributed by atoms with E-state index < -0.39 is 0 Å². The van der Waals surface area contributed by atoms with Gasteiger partial charge in [0.15, 0.2) is 11.6 Å². The van der Waals surface area contributed by atoms with Gasteiger partial charge in [-0.05, 0) is 0 Å². The van der Waals surface area contributed by atoms with Crippen molar-refractivity contribution in [2.45, 2.75) is 12.8 Å². The fraction of sp³-hybridized carbons (Fsp3) is 0.364. The summed E-state index contributed by atoms with van der Waals surface area (Å²) < 4.78 is 5.25. The van der Waals surface area contributed by atoms with E-state index in [1.54, 1.807) is 24.6 Å². The van der Waals surface area contributed by atoms with Crippen LogP contribution in [-0.4, -0.2) is 28.6 Å². The van der Waals surface area contributed by atoms with Gasteiger partial charge in [-0.3, -0.25) is 0 Å². The van der Waals surface area contributed by atoms with E-state index in [9.17, 15) is 0 Å². The summed E-state index contributed by atoms with van der Waals surface area (Å²) in [6.45, 7) is 2.80. The number of methoxy groups -OCH3 is 1. The van der Waals surface area contributed by atoms with Gasteiger partial charge in [0.05, 0.1) is 12.1 Å². The number of aromatic nitrogens is 3. The van der Waals surface area contributed by atoms with Gasteiger partial charge in [0, 0.05) is 24.0 Å². The Kier molecular flexibility index (Phi) is 4.48. The summed E-state index contributed by atoms with van der Waals surface area (Å²) in [5.74, 6) is 7.21. The van der Waals surface area contributed by atoms with E-state index in [1.807, 2.05) is 5.38 Å². The van der Waals surface area contributed by atoms with E-state index in [2.05, 4.69) is 32.6 Å². The molecule has 0 radical (unpaired) electrons. The van der Waals surface area contributed by atoms with E-state index in [4.69, 9.17) is 10.6 Å². The Balaban J connectivity index is 2.07. The quantitative estimate of drug-likeness (QED) is 0.544. The van der Waals surface area contributed by atoms with Gasteiger partial charge in [-0.15, -0.1) is 11.3 Å². The standard InChI is InChI=1S/C11H16N6OS/c1-7(11-13-3-4-19-11)5-14-9-8(18-2)10(17-12)16-6-15-9/h3-4,6-7H,5,12H2,1-2H3,(H2,14,15,16,17). The van der Waals surface area contributed by atoms with Crippen LogP contribution in [0.4, 0.5) is 11.6 Å². The van der Waals surface area contributed by atoms with E-state index in [0.29, 0.717) is 23.9 Å². The highest BCUT2D eigenvalue weighted by Crippen LogP contribution is 2.28. The molecular weight excluding hydrogens is 264 g/mol. The largest absolute Gasteiger partial charge is 0.490 e. The SMILES string of the molecule is COc1c(NN)ncnc1NCC(C)c1nccs1. The minimum Gasteiger partial charge on any atom is -0.490 e. The smallest absolute Gasteiger partial charge is 0.205 e. The number of rotatable bonds is 6. The third kappa shape index (κ3) is 3.09. The lowest BCUT2D eigenvalue weighted by Gasteiger charge is -2.14. The van der Waals surface area contributed by atoms with Gasteiger partial charge < -0.3 is 15.5 Å². The Bertz CT molecular complexity index is 518. The fourth-order valence-corrected chi connectivity index (χ4v) is 2.31. The fourth-order valence-electron chi connectivity index (χ4n) is 1.61. The Hall–Kier alpha value is -1.93. The summed E-state index contributed by atoms with van der Waals surface area (Å²) >= 11 is 1.64. The van der Waals surface area contributed by atoms with Crippen LogP contribution in [0, 0.1) is 0 Å². The van der Waals surface area contributed by atoms with Crippen LogP contribution in [0.15, 0.2) is 17.9 Å². The summed E-state index contributed by atoms with van der Waals surface area (Å²) in [5.41, 5.74) is 2.48. The third-order valence-corrected chi connectivity index (χ3v) is 3.60. The molecule has 0 saturated heterocycles. The first-order chi connectivity index (χ1) is 9.26. The van der Waals surface area contributed by atoms with Crippen LogP contribution in [0.25, 0.3) is 0 Å². The molecule has 2 aromatic rings. The maximum absolute atomic E-state index is 5.37. The monoisotopic (exact) mass is 280 g/mol. The molecule has 2 rings (SSSR count). The molecule has 19 heavy (non-hydrogen) atoms. The Morgan fingerprint density at radius 3 is 2.79 bits per heavy atom. The molecule has 1 atom stereocenters. The first kappa shape index (κ1) is 13.5. The Morgan fingerprint density at radius 1 is 1.37 bits per heavy atom. The van der Waals surface area contributed by atoms with E-state index >= 15 is 0 Å². The number of nitrogen functional groups attached to an aromatic ring is 1. The zero-order valence-electron chi connectivity index (χ0n) is 10.8.